The van der Waals surface area contributed by atoms with E-state index in [9.17, 15) is 22.8 Å². The molecule has 7 nitrogen and oxygen atoms in total. The average Bonchev–Trinajstić information content (AvgIpc) is 2.57. The standard InChI is InChI=1S/C19H17NO6S/c1-19(2,3)18(23)26-12-8-4-6-10-14(12)16(21)11-7-5-9-13(27(20,24)25)15(11)17(10)22/h4-9H,1-3H3,(H2,20,24,25). The van der Waals surface area contributed by atoms with Gasteiger partial charge < -0.3 is 4.74 Å². The number of hydrogen-bond acceptors (Lipinski definition) is 6. The molecule has 0 aliphatic heterocycles. The van der Waals surface area contributed by atoms with Gasteiger partial charge in [-0.1, -0.05) is 24.3 Å². The zero-order valence-corrected chi connectivity index (χ0v) is 15.7. The molecule has 1 aliphatic carbocycles. The van der Waals surface area contributed by atoms with Gasteiger partial charge >= 0.3 is 5.97 Å². The molecule has 2 aromatic carbocycles. The topological polar surface area (TPSA) is 121 Å². The molecule has 0 heterocycles. The van der Waals surface area contributed by atoms with E-state index in [1.54, 1.807) is 20.8 Å². The summed E-state index contributed by atoms with van der Waals surface area (Å²) in [5.74, 6) is -1.89. The lowest BCUT2D eigenvalue weighted by Crippen LogP contribution is -2.29. The first-order valence-electron chi connectivity index (χ1n) is 8.03. The molecule has 0 unspecified atom stereocenters. The van der Waals surface area contributed by atoms with Crippen LogP contribution in [0.25, 0.3) is 0 Å². The Balaban J connectivity index is 2.22. The molecule has 0 saturated carbocycles. The second kappa shape index (κ2) is 6.11. The van der Waals surface area contributed by atoms with Gasteiger partial charge in [-0.3, -0.25) is 14.4 Å². The summed E-state index contributed by atoms with van der Waals surface area (Å²) >= 11 is 0. The van der Waals surface area contributed by atoms with Crippen LogP contribution in [0.4, 0.5) is 0 Å². The Morgan fingerprint density at radius 1 is 0.926 bits per heavy atom. The Bertz CT molecular complexity index is 1110. The molecule has 0 amide bonds. The summed E-state index contributed by atoms with van der Waals surface area (Å²) in [6, 6.07) is 8.11. The molecular weight excluding hydrogens is 370 g/mol. The average molecular weight is 387 g/mol. The van der Waals surface area contributed by atoms with Crippen molar-refractivity contribution in [1.82, 2.24) is 0 Å². The first-order chi connectivity index (χ1) is 12.4. The number of esters is 1. The van der Waals surface area contributed by atoms with Crippen molar-refractivity contribution in [3.8, 4) is 5.75 Å². The van der Waals surface area contributed by atoms with Crippen LogP contribution in [0.3, 0.4) is 0 Å². The van der Waals surface area contributed by atoms with Crippen LogP contribution in [0.5, 0.6) is 5.75 Å². The Labute approximate surface area is 156 Å². The number of benzene rings is 2. The molecule has 0 bridgehead atoms. The van der Waals surface area contributed by atoms with E-state index in [4.69, 9.17) is 9.88 Å². The molecule has 0 spiro atoms. The highest BCUT2D eigenvalue weighted by molar-refractivity contribution is 7.89. The predicted octanol–water partition coefficient (Wildman–Crippen LogP) is 2.06. The second-order valence-corrected chi connectivity index (χ2v) is 8.73. The largest absolute Gasteiger partial charge is 0.425 e. The molecule has 0 atom stereocenters. The normalized spacial score (nSPS) is 13.8. The van der Waals surface area contributed by atoms with Gasteiger partial charge in [-0.2, -0.15) is 0 Å². The van der Waals surface area contributed by atoms with Gasteiger partial charge in [0.15, 0.2) is 11.6 Å². The first kappa shape index (κ1) is 18.9. The number of primary sulfonamides is 1. The third kappa shape index (κ3) is 3.17. The maximum absolute atomic E-state index is 13.0. The third-order valence-electron chi connectivity index (χ3n) is 4.12. The fraction of sp³-hybridized carbons (Fsp3) is 0.211. The lowest BCUT2D eigenvalue weighted by molar-refractivity contribution is -0.143. The Kier molecular flexibility index (Phi) is 4.28. The lowest BCUT2D eigenvalue weighted by Gasteiger charge is -2.23. The third-order valence-corrected chi connectivity index (χ3v) is 5.07. The zero-order valence-electron chi connectivity index (χ0n) is 14.9. The number of hydrogen-bond donors (Lipinski definition) is 1. The van der Waals surface area contributed by atoms with Crippen molar-refractivity contribution in [3.05, 3.63) is 58.7 Å². The molecule has 0 saturated heterocycles. The van der Waals surface area contributed by atoms with Crippen molar-refractivity contribution >= 4 is 27.6 Å². The van der Waals surface area contributed by atoms with Gasteiger partial charge in [0.2, 0.25) is 10.0 Å². The molecule has 3 rings (SSSR count). The van der Waals surface area contributed by atoms with Crippen molar-refractivity contribution in [2.45, 2.75) is 25.7 Å². The summed E-state index contributed by atoms with van der Waals surface area (Å²) in [7, 11) is -4.21. The molecule has 0 aromatic heterocycles. The van der Waals surface area contributed by atoms with Crippen LogP contribution >= 0.6 is 0 Å². The number of rotatable bonds is 2. The molecule has 8 heteroatoms. The Morgan fingerprint density at radius 3 is 2.00 bits per heavy atom. The number of carbonyl (C=O) groups is 3. The minimum atomic E-state index is -4.21. The monoisotopic (exact) mass is 387 g/mol. The number of fused-ring (bicyclic) bond motifs is 2. The van der Waals surface area contributed by atoms with Gasteiger partial charge in [-0.25, -0.2) is 13.6 Å². The highest BCUT2D eigenvalue weighted by Gasteiger charge is 2.37. The van der Waals surface area contributed by atoms with Gasteiger partial charge in [-0.15, -0.1) is 0 Å². The van der Waals surface area contributed by atoms with E-state index < -0.39 is 37.9 Å². The Hall–Kier alpha value is -2.84. The molecule has 2 N–H and O–H groups in total. The summed E-state index contributed by atoms with van der Waals surface area (Å²) in [6.07, 6.45) is 0. The van der Waals surface area contributed by atoms with Crippen LogP contribution < -0.4 is 9.88 Å². The van der Waals surface area contributed by atoms with Gasteiger partial charge in [0.25, 0.3) is 0 Å². The summed E-state index contributed by atoms with van der Waals surface area (Å²) in [5.41, 5.74) is -1.29. The minimum Gasteiger partial charge on any atom is -0.425 e. The van der Waals surface area contributed by atoms with Crippen LogP contribution in [0.15, 0.2) is 41.3 Å². The van der Waals surface area contributed by atoms with Crippen molar-refractivity contribution in [2.24, 2.45) is 10.6 Å². The molecule has 27 heavy (non-hydrogen) atoms. The smallest absolute Gasteiger partial charge is 0.316 e. The fourth-order valence-corrected chi connectivity index (χ4v) is 3.51. The number of ketones is 2. The van der Waals surface area contributed by atoms with Crippen LogP contribution in [-0.4, -0.2) is 26.0 Å². The fourth-order valence-electron chi connectivity index (χ4n) is 2.75. The van der Waals surface area contributed by atoms with Crippen LogP contribution in [-0.2, 0) is 14.8 Å². The molecule has 0 radical (unpaired) electrons. The highest BCUT2D eigenvalue weighted by atomic mass is 32.2. The Morgan fingerprint density at radius 2 is 1.44 bits per heavy atom. The summed E-state index contributed by atoms with van der Waals surface area (Å²) in [5, 5.41) is 5.19. The number of nitrogens with two attached hydrogens (primary N) is 1. The first-order valence-corrected chi connectivity index (χ1v) is 9.58. The summed E-state index contributed by atoms with van der Waals surface area (Å²) < 4.78 is 29.0. The van der Waals surface area contributed by atoms with Gasteiger partial charge in [0.1, 0.15) is 5.75 Å². The van der Waals surface area contributed by atoms with E-state index in [1.165, 1.54) is 36.4 Å². The van der Waals surface area contributed by atoms with Crippen LogP contribution in [0, 0.1) is 5.41 Å². The number of ether oxygens (including phenoxy) is 1. The van der Waals surface area contributed by atoms with Gasteiger partial charge in [0.05, 0.1) is 21.4 Å². The molecule has 1 aliphatic rings. The summed E-state index contributed by atoms with van der Waals surface area (Å²) in [4.78, 5) is 37.8. The minimum absolute atomic E-state index is 0.0391. The quantitative estimate of drug-likeness (QED) is 0.531. The molecule has 0 fully saturated rings. The van der Waals surface area contributed by atoms with E-state index in [1.807, 2.05) is 0 Å². The summed E-state index contributed by atoms with van der Waals surface area (Å²) in [6.45, 7) is 4.97. The van der Waals surface area contributed by atoms with E-state index in [0.29, 0.717) is 0 Å². The van der Waals surface area contributed by atoms with Crippen molar-refractivity contribution in [2.75, 3.05) is 0 Å². The van der Waals surface area contributed by atoms with Crippen molar-refractivity contribution in [3.63, 3.8) is 0 Å². The maximum Gasteiger partial charge on any atom is 0.316 e. The molecule has 2 aromatic rings. The second-order valence-electron chi connectivity index (χ2n) is 7.20. The van der Waals surface area contributed by atoms with Crippen LogP contribution in [0.2, 0.25) is 0 Å². The van der Waals surface area contributed by atoms with Gasteiger partial charge in [-0.05, 0) is 32.9 Å². The van der Waals surface area contributed by atoms with E-state index in [0.717, 1.165) is 0 Å². The van der Waals surface area contributed by atoms with Crippen molar-refractivity contribution in [1.29, 1.82) is 0 Å². The lowest BCUT2D eigenvalue weighted by atomic mass is 9.83. The molecule has 140 valence electrons. The molecular formula is C19H17NO6S. The van der Waals surface area contributed by atoms with Crippen LogP contribution in [0.1, 0.15) is 52.6 Å². The predicted molar refractivity (Wildman–Crippen MR) is 96.2 cm³/mol. The van der Waals surface area contributed by atoms with E-state index in [-0.39, 0.29) is 28.0 Å². The highest BCUT2D eigenvalue weighted by Crippen LogP contribution is 2.36. The van der Waals surface area contributed by atoms with E-state index >= 15 is 0 Å². The maximum atomic E-state index is 13.0. The van der Waals surface area contributed by atoms with E-state index in [2.05, 4.69) is 0 Å². The SMILES string of the molecule is CC(C)(C)C(=O)Oc1cccc2c1C(=O)c1cccc(S(N)(=O)=O)c1C2=O. The number of sulfonamides is 1. The number of carbonyl (C=O) groups excluding carboxylic acids is 3. The zero-order chi connectivity index (χ0) is 20.1. The van der Waals surface area contributed by atoms with Gasteiger partial charge in [0, 0.05) is 11.1 Å². The van der Waals surface area contributed by atoms with Crippen molar-refractivity contribution < 1.29 is 27.5 Å².